The first-order valence-electron chi connectivity index (χ1n) is 6.59. The molecule has 1 N–H and O–H groups in total. The Labute approximate surface area is 114 Å². The normalized spacial score (nSPS) is 10.2. The molecular weight excluding hydrogens is 236 g/mol. The van der Waals surface area contributed by atoms with Crippen molar-refractivity contribution in [2.75, 3.05) is 23.8 Å². The minimum Gasteiger partial charge on any atom is -0.384 e. The van der Waals surface area contributed by atoms with Crippen LogP contribution in [-0.4, -0.2) is 23.6 Å². The predicted molar refractivity (Wildman–Crippen MR) is 79.4 cm³/mol. The standard InChI is InChI=1S/C15H20N4/c1-3-7-17-14-9-15(11-16-10-14)19(2)12-13-6-4-5-8-18-13/h4-6,8-11,17H,3,7,12H2,1-2H3. The highest BCUT2D eigenvalue weighted by Crippen LogP contribution is 2.18. The van der Waals surface area contributed by atoms with Crippen molar-refractivity contribution in [1.29, 1.82) is 0 Å². The SMILES string of the molecule is CCCNc1cncc(N(C)Cc2ccccn2)c1. The molecule has 2 rings (SSSR count). The van der Waals surface area contributed by atoms with Crippen LogP contribution in [0.1, 0.15) is 19.0 Å². The van der Waals surface area contributed by atoms with E-state index in [1.807, 2.05) is 36.8 Å². The summed E-state index contributed by atoms with van der Waals surface area (Å²) >= 11 is 0. The van der Waals surface area contributed by atoms with E-state index in [1.54, 1.807) is 0 Å². The van der Waals surface area contributed by atoms with Crippen LogP contribution in [0.15, 0.2) is 42.9 Å². The molecule has 2 aromatic heterocycles. The molecule has 0 aliphatic carbocycles. The fourth-order valence-electron chi connectivity index (χ4n) is 1.83. The molecule has 0 aromatic carbocycles. The van der Waals surface area contributed by atoms with Gasteiger partial charge < -0.3 is 10.2 Å². The molecule has 0 fully saturated rings. The number of pyridine rings is 2. The molecule has 0 unspecified atom stereocenters. The van der Waals surface area contributed by atoms with Crippen LogP contribution in [0.5, 0.6) is 0 Å². The molecule has 0 radical (unpaired) electrons. The van der Waals surface area contributed by atoms with Gasteiger partial charge >= 0.3 is 0 Å². The molecule has 4 heteroatoms. The van der Waals surface area contributed by atoms with E-state index in [0.29, 0.717) is 0 Å². The van der Waals surface area contributed by atoms with Crippen LogP contribution in [0.25, 0.3) is 0 Å². The van der Waals surface area contributed by atoms with E-state index in [0.717, 1.165) is 36.6 Å². The number of aromatic nitrogens is 2. The van der Waals surface area contributed by atoms with E-state index >= 15 is 0 Å². The van der Waals surface area contributed by atoms with E-state index in [4.69, 9.17) is 0 Å². The van der Waals surface area contributed by atoms with E-state index in [-0.39, 0.29) is 0 Å². The molecule has 4 nitrogen and oxygen atoms in total. The maximum atomic E-state index is 4.34. The summed E-state index contributed by atoms with van der Waals surface area (Å²) in [5, 5.41) is 3.35. The summed E-state index contributed by atoms with van der Waals surface area (Å²) in [7, 11) is 2.05. The number of nitrogens with zero attached hydrogens (tertiary/aromatic N) is 3. The highest BCUT2D eigenvalue weighted by molar-refractivity contribution is 5.55. The van der Waals surface area contributed by atoms with Crippen LogP contribution < -0.4 is 10.2 Å². The van der Waals surface area contributed by atoms with Gasteiger partial charge in [0.2, 0.25) is 0 Å². The monoisotopic (exact) mass is 256 g/mol. The Morgan fingerprint density at radius 2 is 2.16 bits per heavy atom. The zero-order valence-electron chi connectivity index (χ0n) is 11.5. The molecule has 2 heterocycles. The third-order valence-electron chi connectivity index (χ3n) is 2.87. The molecule has 0 aliphatic rings. The molecular formula is C15H20N4. The first-order chi connectivity index (χ1) is 9.29. The summed E-state index contributed by atoms with van der Waals surface area (Å²) in [5.41, 5.74) is 3.20. The van der Waals surface area contributed by atoms with Gasteiger partial charge in [-0.05, 0) is 24.6 Å². The smallest absolute Gasteiger partial charge is 0.0599 e. The van der Waals surface area contributed by atoms with Gasteiger partial charge in [-0.25, -0.2) is 0 Å². The quantitative estimate of drug-likeness (QED) is 0.862. The summed E-state index contributed by atoms with van der Waals surface area (Å²) in [6, 6.07) is 8.09. The van der Waals surface area contributed by atoms with Crippen LogP contribution in [0.3, 0.4) is 0 Å². The molecule has 19 heavy (non-hydrogen) atoms. The third kappa shape index (κ3) is 3.95. The van der Waals surface area contributed by atoms with Crippen molar-refractivity contribution in [3.63, 3.8) is 0 Å². The highest BCUT2D eigenvalue weighted by Gasteiger charge is 2.04. The second-order valence-corrected chi connectivity index (χ2v) is 4.54. The van der Waals surface area contributed by atoms with Gasteiger partial charge in [-0.1, -0.05) is 13.0 Å². The van der Waals surface area contributed by atoms with Crippen LogP contribution in [0, 0.1) is 0 Å². The summed E-state index contributed by atoms with van der Waals surface area (Å²) in [4.78, 5) is 10.8. The Kier molecular flexibility index (Phi) is 4.72. The van der Waals surface area contributed by atoms with Crippen LogP contribution in [0.2, 0.25) is 0 Å². The van der Waals surface area contributed by atoms with Gasteiger partial charge in [0, 0.05) is 19.8 Å². The molecule has 0 saturated heterocycles. The lowest BCUT2D eigenvalue weighted by Crippen LogP contribution is -2.17. The average molecular weight is 256 g/mol. The zero-order valence-corrected chi connectivity index (χ0v) is 11.5. The van der Waals surface area contributed by atoms with Crippen molar-refractivity contribution in [2.24, 2.45) is 0 Å². The van der Waals surface area contributed by atoms with E-state index in [9.17, 15) is 0 Å². The van der Waals surface area contributed by atoms with Crippen LogP contribution >= 0.6 is 0 Å². The maximum Gasteiger partial charge on any atom is 0.0599 e. The van der Waals surface area contributed by atoms with Crippen molar-refractivity contribution < 1.29 is 0 Å². The van der Waals surface area contributed by atoms with Crippen molar-refractivity contribution >= 4 is 11.4 Å². The van der Waals surface area contributed by atoms with Crippen LogP contribution in [-0.2, 0) is 6.54 Å². The van der Waals surface area contributed by atoms with Crippen molar-refractivity contribution in [2.45, 2.75) is 19.9 Å². The van der Waals surface area contributed by atoms with Crippen molar-refractivity contribution in [1.82, 2.24) is 9.97 Å². The van der Waals surface area contributed by atoms with Gasteiger partial charge in [0.25, 0.3) is 0 Å². The average Bonchev–Trinajstić information content (AvgIpc) is 2.46. The maximum absolute atomic E-state index is 4.34. The highest BCUT2D eigenvalue weighted by atomic mass is 15.1. The number of anilines is 2. The number of nitrogens with one attached hydrogen (secondary N) is 1. The van der Waals surface area contributed by atoms with E-state index in [2.05, 4.69) is 40.2 Å². The molecule has 0 atom stereocenters. The number of hydrogen-bond donors (Lipinski definition) is 1. The molecule has 0 saturated carbocycles. The van der Waals surface area contributed by atoms with E-state index < -0.39 is 0 Å². The van der Waals surface area contributed by atoms with Crippen LogP contribution in [0.4, 0.5) is 11.4 Å². The van der Waals surface area contributed by atoms with Crippen molar-refractivity contribution in [3.05, 3.63) is 48.5 Å². The largest absolute Gasteiger partial charge is 0.384 e. The second kappa shape index (κ2) is 6.73. The molecule has 0 bridgehead atoms. The molecule has 0 amide bonds. The lowest BCUT2D eigenvalue weighted by atomic mass is 10.3. The molecule has 2 aromatic rings. The Hall–Kier alpha value is -2.10. The Morgan fingerprint density at radius 1 is 1.26 bits per heavy atom. The minimum absolute atomic E-state index is 0.778. The summed E-state index contributed by atoms with van der Waals surface area (Å²) in [6.07, 6.45) is 6.66. The lowest BCUT2D eigenvalue weighted by Gasteiger charge is -2.19. The predicted octanol–water partition coefficient (Wildman–Crippen LogP) is 2.93. The minimum atomic E-state index is 0.778. The fraction of sp³-hybridized carbons (Fsp3) is 0.333. The Bertz CT molecular complexity index is 499. The third-order valence-corrected chi connectivity index (χ3v) is 2.87. The topological polar surface area (TPSA) is 41.1 Å². The van der Waals surface area contributed by atoms with Gasteiger partial charge in [-0.2, -0.15) is 0 Å². The number of hydrogen-bond acceptors (Lipinski definition) is 4. The summed E-state index contributed by atoms with van der Waals surface area (Å²) < 4.78 is 0. The zero-order chi connectivity index (χ0) is 13.5. The molecule has 100 valence electrons. The van der Waals surface area contributed by atoms with Gasteiger partial charge in [0.15, 0.2) is 0 Å². The molecule has 0 spiro atoms. The van der Waals surface area contributed by atoms with Gasteiger partial charge in [0.1, 0.15) is 0 Å². The number of rotatable bonds is 6. The van der Waals surface area contributed by atoms with E-state index in [1.165, 1.54) is 0 Å². The van der Waals surface area contributed by atoms with Gasteiger partial charge in [-0.15, -0.1) is 0 Å². The Balaban J connectivity index is 2.04. The summed E-state index contributed by atoms with van der Waals surface area (Å²) in [6.45, 7) is 3.90. The van der Waals surface area contributed by atoms with Gasteiger partial charge in [-0.3, -0.25) is 9.97 Å². The fourth-order valence-corrected chi connectivity index (χ4v) is 1.83. The van der Waals surface area contributed by atoms with Crippen molar-refractivity contribution in [3.8, 4) is 0 Å². The lowest BCUT2D eigenvalue weighted by molar-refractivity contribution is 0.881. The summed E-state index contributed by atoms with van der Waals surface area (Å²) in [5.74, 6) is 0. The second-order valence-electron chi connectivity index (χ2n) is 4.54. The first-order valence-corrected chi connectivity index (χ1v) is 6.59. The Morgan fingerprint density at radius 3 is 2.89 bits per heavy atom. The first kappa shape index (κ1) is 13.3. The van der Waals surface area contributed by atoms with Gasteiger partial charge in [0.05, 0.1) is 36.0 Å². The molecule has 0 aliphatic heterocycles.